The van der Waals surface area contributed by atoms with Crippen molar-refractivity contribution < 1.29 is 0 Å². The van der Waals surface area contributed by atoms with Gasteiger partial charge in [-0.25, -0.2) is 0 Å². The largest absolute Gasteiger partial charge is 0.352 e. The Hall–Kier alpha value is -2.47. The van der Waals surface area contributed by atoms with Crippen LogP contribution in [0.3, 0.4) is 0 Å². The molecule has 2 fully saturated rings. The van der Waals surface area contributed by atoms with Crippen molar-refractivity contribution in [3.63, 3.8) is 0 Å². The molecule has 2 aliphatic rings. The van der Waals surface area contributed by atoms with E-state index in [0.717, 1.165) is 57.5 Å². The molecule has 0 saturated carbocycles. The fourth-order valence-electron chi connectivity index (χ4n) is 4.32. The highest BCUT2D eigenvalue weighted by Crippen LogP contribution is 2.25. The second-order valence-corrected chi connectivity index (χ2v) is 7.97. The predicted octanol–water partition coefficient (Wildman–Crippen LogP) is 3.48. The van der Waals surface area contributed by atoms with Gasteiger partial charge in [0.2, 0.25) is 5.95 Å². The maximum atomic E-state index is 4.89. The van der Waals surface area contributed by atoms with E-state index < -0.39 is 0 Å². The van der Waals surface area contributed by atoms with Crippen LogP contribution < -0.4 is 9.80 Å². The number of hydrogen-bond acceptors (Lipinski definition) is 6. The van der Waals surface area contributed by atoms with Gasteiger partial charge in [-0.2, -0.15) is 10.1 Å². The fourth-order valence-corrected chi connectivity index (χ4v) is 4.32. The number of nitrogens with zero attached hydrogens (tertiary/aromatic N) is 6. The Labute approximate surface area is 174 Å². The number of aromatic nitrogens is 3. The van der Waals surface area contributed by atoms with Gasteiger partial charge in [-0.3, -0.25) is 4.90 Å². The molecule has 2 aliphatic heterocycles. The summed E-state index contributed by atoms with van der Waals surface area (Å²) in [6.07, 6.45) is 11.3. The number of hydrogen-bond donors (Lipinski definition) is 0. The maximum absolute atomic E-state index is 4.89. The van der Waals surface area contributed by atoms with Gasteiger partial charge in [-0.1, -0.05) is 49.4 Å². The molecule has 0 aliphatic carbocycles. The van der Waals surface area contributed by atoms with Gasteiger partial charge in [0.15, 0.2) is 5.82 Å². The molecule has 1 aromatic heterocycles. The summed E-state index contributed by atoms with van der Waals surface area (Å²) in [6.45, 7) is 8.26. The molecule has 1 aromatic carbocycles. The number of benzene rings is 1. The van der Waals surface area contributed by atoms with Crippen LogP contribution in [0.2, 0.25) is 0 Å². The zero-order valence-electron chi connectivity index (χ0n) is 17.5. The second-order valence-electron chi connectivity index (χ2n) is 7.97. The van der Waals surface area contributed by atoms with Crippen molar-refractivity contribution in [2.75, 3.05) is 49.1 Å². The van der Waals surface area contributed by atoms with Gasteiger partial charge in [0.25, 0.3) is 0 Å². The van der Waals surface area contributed by atoms with Crippen LogP contribution in [-0.4, -0.2) is 65.4 Å². The lowest BCUT2D eigenvalue weighted by Gasteiger charge is -2.37. The molecule has 1 unspecified atom stereocenters. The van der Waals surface area contributed by atoms with Crippen LogP contribution in [-0.2, 0) is 0 Å². The highest BCUT2D eigenvalue weighted by atomic mass is 15.4. The topological polar surface area (TPSA) is 48.4 Å². The minimum absolute atomic E-state index is 0.585. The van der Waals surface area contributed by atoms with Crippen molar-refractivity contribution in [2.24, 2.45) is 0 Å². The van der Waals surface area contributed by atoms with E-state index in [1.54, 1.807) is 0 Å². The lowest BCUT2D eigenvalue weighted by molar-refractivity contribution is 0.282. The van der Waals surface area contributed by atoms with Crippen molar-refractivity contribution >= 4 is 17.8 Å². The zero-order valence-corrected chi connectivity index (χ0v) is 17.5. The summed E-state index contributed by atoms with van der Waals surface area (Å²) in [5.41, 5.74) is 1.26. The molecular formula is C23H32N6. The van der Waals surface area contributed by atoms with Gasteiger partial charge < -0.3 is 9.80 Å². The van der Waals surface area contributed by atoms with E-state index in [1.807, 2.05) is 6.20 Å². The molecule has 0 radical (unpaired) electrons. The number of rotatable bonds is 6. The van der Waals surface area contributed by atoms with Gasteiger partial charge in [-0.15, -0.1) is 5.10 Å². The van der Waals surface area contributed by atoms with E-state index in [4.69, 9.17) is 4.98 Å². The first-order valence-electron chi connectivity index (χ1n) is 11.0. The first-order chi connectivity index (χ1) is 14.3. The minimum Gasteiger partial charge on any atom is -0.352 e. The van der Waals surface area contributed by atoms with E-state index in [2.05, 4.69) is 74.3 Å². The van der Waals surface area contributed by atoms with Gasteiger partial charge in [0.05, 0.1) is 6.20 Å². The second kappa shape index (κ2) is 9.83. The first kappa shape index (κ1) is 19.8. The maximum Gasteiger partial charge on any atom is 0.247 e. The Morgan fingerprint density at radius 1 is 1.03 bits per heavy atom. The van der Waals surface area contributed by atoms with Gasteiger partial charge >= 0.3 is 0 Å². The van der Waals surface area contributed by atoms with Gasteiger partial charge in [0, 0.05) is 45.3 Å². The average molecular weight is 393 g/mol. The molecule has 3 heterocycles. The van der Waals surface area contributed by atoms with Crippen molar-refractivity contribution in [1.82, 2.24) is 20.1 Å². The SMILES string of the molecule is CCC1CCCCN1c1cnnc(N2CCN(C/C=C/c3ccccc3)CC2)n1. The van der Waals surface area contributed by atoms with Crippen LogP contribution >= 0.6 is 0 Å². The van der Waals surface area contributed by atoms with Gasteiger partial charge in [-0.05, 0) is 31.2 Å². The molecule has 29 heavy (non-hydrogen) atoms. The summed E-state index contributed by atoms with van der Waals surface area (Å²) in [5.74, 6) is 1.78. The molecule has 6 heteroatoms. The third-order valence-corrected chi connectivity index (χ3v) is 6.06. The highest BCUT2D eigenvalue weighted by Gasteiger charge is 2.24. The molecule has 0 bridgehead atoms. The summed E-state index contributed by atoms with van der Waals surface area (Å²) in [7, 11) is 0. The van der Waals surface area contributed by atoms with Crippen LogP contribution in [0, 0.1) is 0 Å². The Morgan fingerprint density at radius 2 is 1.86 bits per heavy atom. The molecule has 1 atom stereocenters. The smallest absolute Gasteiger partial charge is 0.247 e. The molecule has 6 nitrogen and oxygen atoms in total. The van der Waals surface area contributed by atoms with Crippen LogP contribution in [0.15, 0.2) is 42.6 Å². The third-order valence-electron chi connectivity index (χ3n) is 6.06. The molecule has 154 valence electrons. The van der Waals surface area contributed by atoms with E-state index in [-0.39, 0.29) is 0 Å². The minimum atomic E-state index is 0.585. The lowest BCUT2D eigenvalue weighted by Crippen LogP contribution is -2.47. The molecule has 0 amide bonds. The Kier molecular flexibility index (Phi) is 6.72. The van der Waals surface area contributed by atoms with Crippen LogP contribution in [0.4, 0.5) is 11.8 Å². The van der Waals surface area contributed by atoms with Crippen molar-refractivity contribution in [3.8, 4) is 0 Å². The number of piperidine rings is 1. The molecule has 4 rings (SSSR count). The molecule has 2 saturated heterocycles. The highest BCUT2D eigenvalue weighted by molar-refractivity contribution is 5.49. The third kappa shape index (κ3) is 5.12. The fraction of sp³-hybridized carbons (Fsp3) is 0.522. The normalized spacial score (nSPS) is 21.1. The summed E-state index contributed by atoms with van der Waals surface area (Å²) >= 11 is 0. The summed E-state index contributed by atoms with van der Waals surface area (Å²) in [6, 6.07) is 11.1. The molecule has 0 N–H and O–H groups in total. The molecular weight excluding hydrogens is 360 g/mol. The zero-order chi connectivity index (χ0) is 19.9. The van der Waals surface area contributed by atoms with Crippen LogP contribution in [0.5, 0.6) is 0 Å². The van der Waals surface area contributed by atoms with E-state index >= 15 is 0 Å². The Bertz CT molecular complexity index is 785. The summed E-state index contributed by atoms with van der Waals surface area (Å²) < 4.78 is 0. The molecule has 0 spiro atoms. The first-order valence-corrected chi connectivity index (χ1v) is 11.0. The van der Waals surface area contributed by atoms with Crippen molar-refractivity contribution in [2.45, 2.75) is 38.6 Å². The Morgan fingerprint density at radius 3 is 2.66 bits per heavy atom. The van der Waals surface area contributed by atoms with Crippen molar-refractivity contribution in [1.29, 1.82) is 0 Å². The average Bonchev–Trinajstić information content (AvgIpc) is 2.80. The Balaban J connectivity index is 1.32. The predicted molar refractivity (Wildman–Crippen MR) is 119 cm³/mol. The summed E-state index contributed by atoms with van der Waals surface area (Å²) in [4.78, 5) is 12.1. The lowest BCUT2D eigenvalue weighted by atomic mass is 10.0. The number of anilines is 2. The monoisotopic (exact) mass is 392 g/mol. The standard InChI is InChI=1S/C23H32N6/c1-2-21-12-6-7-14-29(21)22-19-24-26-23(25-22)28-17-15-27(16-18-28)13-8-11-20-9-4-3-5-10-20/h3-5,8-11,19,21H,2,6-7,12-18H2,1H3/b11-8+. The molecule has 2 aromatic rings. The van der Waals surface area contributed by atoms with Gasteiger partial charge in [0.1, 0.15) is 0 Å². The van der Waals surface area contributed by atoms with Crippen LogP contribution in [0.25, 0.3) is 6.08 Å². The summed E-state index contributed by atoms with van der Waals surface area (Å²) in [5, 5.41) is 8.63. The van der Waals surface area contributed by atoms with E-state index in [9.17, 15) is 0 Å². The number of piperazine rings is 1. The van der Waals surface area contributed by atoms with Crippen LogP contribution in [0.1, 0.15) is 38.2 Å². The van der Waals surface area contributed by atoms with E-state index in [1.165, 1.54) is 24.8 Å². The van der Waals surface area contributed by atoms with E-state index in [0.29, 0.717) is 6.04 Å². The quantitative estimate of drug-likeness (QED) is 0.750. The van der Waals surface area contributed by atoms with Crippen molar-refractivity contribution in [3.05, 3.63) is 48.2 Å².